The molecule has 0 aliphatic heterocycles. The highest BCUT2D eigenvalue weighted by Gasteiger charge is 2.31. The average molecular weight is 483 g/mol. The predicted octanol–water partition coefficient (Wildman–Crippen LogP) is 2.48. The molecule has 0 saturated carbocycles. The molecular weight excluding hydrogens is 455 g/mol. The number of Topliss-reactive ketones (excluding diaryl/α,β-unsaturated/α-hetero) is 2. The molecule has 174 valence electrons. The van der Waals surface area contributed by atoms with Gasteiger partial charge in [-0.2, -0.15) is 10.2 Å². The zero-order valence-corrected chi connectivity index (χ0v) is 19.5. The summed E-state index contributed by atoms with van der Waals surface area (Å²) in [5, 5.41) is 22.3. The third kappa shape index (κ3) is 7.78. The number of nitrogens with two attached hydrogens (primary N) is 2. The van der Waals surface area contributed by atoms with Gasteiger partial charge in [-0.05, 0) is 39.5 Å². The van der Waals surface area contributed by atoms with Gasteiger partial charge >= 0.3 is 0 Å². The largest absolute Gasteiger partial charge is 0.369 e. The van der Waals surface area contributed by atoms with E-state index in [1.54, 1.807) is 38.1 Å². The quantitative estimate of drug-likeness (QED) is 0.187. The second kappa shape index (κ2) is 13.2. The van der Waals surface area contributed by atoms with Crippen LogP contribution in [0.4, 0.5) is 0 Å². The molecule has 0 radical (unpaired) electrons. The SMILES string of the molecule is C/C(CCC1=C(CC/C(C)=N\NC(=N)N)C(=O)c2ccccc2C1=O)=N/NC(=N)N.Cl.Cl. The van der Waals surface area contributed by atoms with Crippen LogP contribution in [0.25, 0.3) is 0 Å². The topological polar surface area (TPSA) is 183 Å². The fourth-order valence-corrected chi connectivity index (χ4v) is 3.04. The number of rotatable bonds is 8. The van der Waals surface area contributed by atoms with E-state index in [9.17, 15) is 9.59 Å². The minimum Gasteiger partial charge on any atom is -0.369 e. The molecule has 32 heavy (non-hydrogen) atoms. The highest BCUT2D eigenvalue weighted by Crippen LogP contribution is 2.31. The number of hydrogen-bond donors (Lipinski definition) is 6. The van der Waals surface area contributed by atoms with E-state index >= 15 is 0 Å². The van der Waals surface area contributed by atoms with Crippen LogP contribution in [0.15, 0.2) is 45.6 Å². The summed E-state index contributed by atoms with van der Waals surface area (Å²) >= 11 is 0. The number of guanidine groups is 2. The molecule has 1 aliphatic carbocycles. The van der Waals surface area contributed by atoms with Crippen LogP contribution in [-0.2, 0) is 0 Å². The fourth-order valence-electron chi connectivity index (χ4n) is 3.04. The van der Waals surface area contributed by atoms with Gasteiger partial charge in [0.2, 0.25) is 11.9 Å². The van der Waals surface area contributed by atoms with E-state index in [0.717, 1.165) is 0 Å². The fraction of sp³-hybridized carbons (Fsp3) is 0.300. The standard InChI is InChI=1S/C20H26N8O2.2ClH/c1-11(25-27-19(21)22)7-9-15-16(10-8-12(2)26-28-20(23)24)18(30)14-6-4-3-5-13(14)17(15)29;;/h3-6H,7-10H2,1-2H3,(H4,21,22,27)(H4,23,24,28);2*1H/b25-11-,26-12-;;. The van der Waals surface area contributed by atoms with E-state index in [1.165, 1.54) is 0 Å². The Morgan fingerprint density at radius 3 is 1.47 bits per heavy atom. The van der Waals surface area contributed by atoms with Crippen molar-refractivity contribution >= 4 is 59.7 Å². The zero-order chi connectivity index (χ0) is 22.3. The van der Waals surface area contributed by atoms with Crippen LogP contribution in [-0.4, -0.2) is 34.9 Å². The van der Waals surface area contributed by atoms with Crippen LogP contribution in [0, 0.1) is 10.8 Å². The maximum absolute atomic E-state index is 13.1. The summed E-state index contributed by atoms with van der Waals surface area (Å²) in [5.41, 5.74) is 18.2. The third-order valence-electron chi connectivity index (χ3n) is 4.54. The molecule has 0 unspecified atom stereocenters. The van der Waals surface area contributed by atoms with Gasteiger partial charge in [0.15, 0.2) is 11.6 Å². The maximum Gasteiger partial charge on any atom is 0.206 e. The average Bonchev–Trinajstić information content (AvgIpc) is 2.71. The summed E-state index contributed by atoms with van der Waals surface area (Å²) in [6.07, 6.45) is 1.54. The lowest BCUT2D eigenvalue weighted by molar-refractivity contribution is 0.0969. The smallest absolute Gasteiger partial charge is 0.206 e. The Kier molecular flexibility index (Phi) is 11.9. The highest BCUT2D eigenvalue weighted by molar-refractivity contribution is 6.27. The third-order valence-corrected chi connectivity index (χ3v) is 4.54. The zero-order valence-electron chi connectivity index (χ0n) is 17.8. The molecule has 1 aromatic rings. The molecule has 0 atom stereocenters. The van der Waals surface area contributed by atoms with Crippen molar-refractivity contribution in [2.75, 3.05) is 0 Å². The summed E-state index contributed by atoms with van der Waals surface area (Å²) in [4.78, 5) is 26.2. The molecule has 2 rings (SSSR count). The second-order valence-electron chi connectivity index (χ2n) is 6.91. The van der Waals surface area contributed by atoms with Crippen LogP contribution < -0.4 is 22.3 Å². The van der Waals surface area contributed by atoms with Gasteiger partial charge in [0.05, 0.1) is 0 Å². The number of fused-ring (bicyclic) bond motifs is 1. The molecular formula is C20H28Cl2N8O2. The molecule has 0 bridgehead atoms. The summed E-state index contributed by atoms with van der Waals surface area (Å²) < 4.78 is 0. The van der Waals surface area contributed by atoms with E-state index < -0.39 is 0 Å². The monoisotopic (exact) mass is 482 g/mol. The van der Waals surface area contributed by atoms with Gasteiger partial charge in [0.1, 0.15) is 0 Å². The molecule has 1 aromatic carbocycles. The lowest BCUT2D eigenvalue weighted by Crippen LogP contribution is -2.27. The first-order valence-corrected chi connectivity index (χ1v) is 9.37. The van der Waals surface area contributed by atoms with Crippen LogP contribution in [0.3, 0.4) is 0 Å². The number of hydrogen-bond acceptors (Lipinski definition) is 6. The molecule has 10 nitrogen and oxygen atoms in total. The number of halogens is 2. The van der Waals surface area contributed by atoms with Gasteiger partial charge in [0, 0.05) is 33.7 Å². The molecule has 0 spiro atoms. The Labute approximate surface area is 198 Å². The number of nitrogens with zero attached hydrogens (tertiary/aromatic N) is 2. The minimum atomic E-state index is -0.277. The summed E-state index contributed by atoms with van der Waals surface area (Å²) in [6.45, 7) is 3.51. The van der Waals surface area contributed by atoms with Gasteiger partial charge in [-0.3, -0.25) is 20.4 Å². The van der Waals surface area contributed by atoms with Crippen molar-refractivity contribution in [2.45, 2.75) is 39.5 Å². The van der Waals surface area contributed by atoms with Crippen LogP contribution in [0.1, 0.15) is 60.2 Å². The van der Waals surface area contributed by atoms with E-state index in [2.05, 4.69) is 21.1 Å². The van der Waals surface area contributed by atoms with Crippen molar-refractivity contribution < 1.29 is 9.59 Å². The lowest BCUT2D eigenvalue weighted by atomic mass is 9.80. The molecule has 0 saturated heterocycles. The Morgan fingerprint density at radius 1 is 0.812 bits per heavy atom. The number of allylic oxidation sites excluding steroid dienone is 2. The number of carbonyl (C=O) groups is 2. The van der Waals surface area contributed by atoms with Crippen LogP contribution in [0.2, 0.25) is 0 Å². The van der Waals surface area contributed by atoms with Gasteiger partial charge < -0.3 is 11.5 Å². The van der Waals surface area contributed by atoms with E-state index in [4.69, 9.17) is 22.3 Å². The van der Waals surface area contributed by atoms with Gasteiger partial charge in [-0.25, -0.2) is 10.9 Å². The van der Waals surface area contributed by atoms with Crippen LogP contribution in [0.5, 0.6) is 0 Å². The Hall–Kier alpha value is -3.24. The number of carbonyl (C=O) groups excluding carboxylic acids is 2. The Balaban J connectivity index is 0.00000480. The van der Waals surface area contributed by atoms with E-state index in [1.807, 2.05) is 0 Å². The number of ketones is 2. The van der Waals surface area contributed by atoms with Gasteiger partial charge in [0.25, 0.3) is 0 Å². The van der Waals surface area contributed by atoms with E-state index in [0.29, 0.717) is 59.4 Å². The predicted molar refractivity (Wildman–Crippen MR) is 131 cm³/mol. The van der Waals surface area contributed by atoms with Crippen molar-refractivity contribution in [3.05, 3.63) is 46.5 Å². The van der Waals surface area contributed by atoms with Crippen molar-refractivity contribution in [2.24, 2.45) is 21.7 Å². The highest BCUT2D eigenvalue weighted by atomic mass is 35.5. The first-order chi connectivity index (χ1) is 14.2. The molecule has 8 N–H and O–H groups in total. The van der Waals surface area contributed by atoms with E-state index in [-0.39, 0.29) is 48.3 Å². The number of benzene rings is 1. The summed E-state index contributed by atoms with van der Waals surface area (Å²) in [6, 6.07) is 6.79. The Morgan fingerprint density at radius 2 is 1.16 bits per heavy atom. The number of hydrazone groups is 2. The van der Waals surface area contributed by atoms with Crippen molar-refractivity contribution in [1.29, 1.82) is 10.8 Å². The first kappa shape index (κ1) is 28.8. The lowest BCUT2D eigenvalue weighted by Gasteiger charge is -2.21. The van der Waals surface area contributed by atoms with Crippen molar-refractivity contribution in [1.82, 2.24) is 10.9 Å². The Bertz CT molecular complexity index is 909. The van der Waals surface area contributed by atoms with Gasteiger partial charge in [-0.1, -0.05) is 24.3 Å². The first-order valence-electron chi connectivity index (χ1n) is 9.37. The second-order valence-corrected chi connectivity index (χ2v) is 6.91. The number of nitrogens with one attached hydrogen (secondary N) is 4. The molecule has 1 aliphatic rings. The summed E-state index contributed by atoms with van der Waals surface area (Å²) in [5.74, 6) is -0.880. The van der Waals surface area contributed by atoms with Gasteiger partial charge in [-0.15, -0.1) is 24.8 Å². The minimum absolute atomic E-state index is 0. The van der Waals surface area contributed by atoms with Crippen molar-refractivity contribution in [3.63, 3.8) is 0 Å². The molecule has 0 amide bonds. The molecule has 12 heteroatoms. The normalized spacial score (nSPS) is 13.6. The molecule has 0 fully saturated rings. The van der Waals surface area contributed by atoms with Crippen molar-refractivity contribution in [3.8, 4) is 0 Å². The molecule has 0 heterocycles. The van der Waals surface area contributed by atoms with Crippen LogP contribution >= 0.6 is 24.8 Å². The summed E-state index contributed by atoms with van der Waals surface area (Å²) in [7, 11) is 0. The maximum atomic E-state index is 13.1. The molecule has 0 aromatic heterocycles.